The van der Waals surface area contributed by atoms with Gasteiger partial charge in [-0.15, -0.1) is 0 Å². The summed E-state index contributed by atoms with van der Waals surface area (Å²) in [6.45, 7) is 8.91. The van der Waals surface area contributed by atoms with Gasteiger partial charge < -0.3 is 5.73 Å². The summed E-state index contributed by atoms with van der Waals surface area (Å²) in [6, 6.07) is 3.44. The van der Waals surface area contributed by atoms with E-state index in [1.54, 1.807) is 26.0 Å². The maximum absolute atomic E-state index is 12.3. The van der Waals surface area contributed by atoms with Crippen LogP contribution in [0.15, 0.2) is 17.0 Å². The van der Waals surface area contributed by atoms with E-state index in [2.05, 4.69) is 4.72 Å². The smallest absolute Gasteiger partial charge is 0.241 e. The zero-order valence-electron chi connectivity index (χ0n) is 11.0. The average molecular weight is 256 g/mol. The summed E-state index contributed by atoms with van der Waals surface area (Å²) in [6.07, 6.45) is 0. The molecule has 0 atom stereocenters. The van der Waals surface area contributed by atoms with Crippen LogP contribution in [0.1, 0.15) is 31.9 Å². The lowest BCUT2D eigenvalue weighted by atomic mass is 10.1. The van der Waals surface area contributed by atoms with Gasteiger partial charge in [0.2, 0.25) is 10.0 Å². The Bertz CT molecular complexity index is 528. The first-order chi connectivity index (χ1) is 7.54. The molecule has 0 aromatic heterocycles. The minimum Gasteiger partial charge on any atom is -0.398 e. The predicted molar refractivity (Wildman–Crippen MR) is 70.4 cm³/mol. The molecule has 5 heteroatoms. The quantitative estimate of drug-likeness (QED) is 0.795. The van der Waals surface area contributed by atoms with Gasteiger partial charge >= 0.3 is 0 Å². The molecule has 0 heterocycles. The topological polar surface area (TPSA) is 72.2 Å². The third-order valence-electron chi connectivity index (χ3n) is 2.35. The van der Waals surface area contributed by atoms with Crippen LogP contribution in [0.3, 0.4) is 0 Å². The molecule has 0 bridgehead atoms. The SMILES string of the molecule is Cc1ccc(N)c(C)c1S(=O)(=O)NC(C)(C)C. The minimum atomic E-state index is -3.53. The molecule has 1 aromatic rings. The van der Waals surface area contributed by atoms with Gasteiger partial charge in [0.25, 0.3) is 0 Å². The van der Waals surface area contributed by atoms with Crippen LogP contribution >= 0.6 is 0 Å². The number of aryl methyl sites for hydroxylation is 1. The number of nitrogen functional groups attached to an aromatic ring is 1. The van der Waals surface area contributed by atoms with Crippen LogP contribution < -0.4 is 10.5 Å². The highest BCUT2D eigenvalue weighted by Crippen LogP contribution is 2.25. The van der Waals surface area contributed by atoms with Crippen molar-refractivity contribution in [1.29, 1.82) is 0 Å². The fraction of sp³-hybridized carbons (Fsp3) is 0.500. The van der Waals surface area contributed by atoms with Crippen molar-refractivity contribution in [2.45, 2.75) is 45.1 Å². The van der Waals surface area contributed by atoms with Gasteiger partial charge in [0.05, 0.1) is 4.90 Å². The maximum atomic E-state index is 12.3. The molecule has 0 aliphatic carbocycles. The third kappa shape index (κ3) is 3.20. The highest BCUT2D eigenvalue weighted by Gasteiger charge is 2.25. The number of nitrogens with one attached hydrogen (secondary N) is 1. The molecule has 0 spiro atoms. The molecule has 0 amide bonds. The average Bonchev–Trinajstić information content (AvgIpc) is 2.07. The van der Waals surface area contributed by atoms with Crippen molar-refractivity contribution < 1.29 is 8.42 Å². The number of hydrogen-bond acceptors (Lipinski definition) is 3. The molecule has 4 nitrogen and oxygen atoms in total. The van der Waals surface area contributed by atoms with E-state index in [0.717, 1.165) is 0 Å². The number of hydrogen-bond donors (Lipinski definition) is 2. The second kappa shape index (κ2) is 4.31. The van der Waals surface area contributed by atoms with Gasteiger partial charge in [0, 0.05) is 11.2 Å². The molecular formula is C12H20N2O2S. The van der Waals surface area contributed by atoms with Crippen molar-refractivity contribution >= 4 is 15.7 Å². The fourth-order valence-electron chi connectivity index (χ4n) is 1.71. The van der Waals surface area contributed by atoms with E-state index < -0.39 is 15.6 Å². The molecular weight excluding hydrogens is 236 g/mol. The Kier molecular flexibility index (Phi) is 3.55. The monoisotopic (exact) mass is 256 g/mol. The van der Waals surface area contributed by atoms with Crippen LogP contribution in [0.5, 0.6) is 0 Å². The second-order valence-electron chi connectivity index (χ2n) is 5.28. The van der Waals surface area contributed by atoms with Crippen LogP contribution in [0, 0.1) is 13.8 Å². The predicted octanol–water partition coefficient (Wildman–Crippen LogP) is 1.96. The Hall–Kier alpha value is -1.07. The molecule has 0 aliphatic rings. The van der Waals surface area contributed by atoms with Gasteiger partial charge in [0.15, 0.2) is 0 Å². The van der Waals surface area contributed by atoms with E-state index in [0.29, 0.717) is 16.8 Å². The van der Waals surface area contributed by atoms with E-state index in [9.17, 15) is 8.42 Å². The van der Waals surface area contributed by atoms with Gasteiger partial charge in [-0.25, -0.2) is 13.1 Å². The number of benzene rings is 1. The van der Waals surface area contributed by atoms with Crippen LogP contribution in [0.25, 0.3) is 0 Å². The molecule has 1 aromatic carbocycles. The fourth-order valence-corrected chi connectivity index (χ4v) is 3.63. The Morgan fingerprint density at radius 3 is 2.18 bits per heavy atom. The number of rotatable bonds is 2. The number of nitrogens with two attached hydrogens (primary N) is 1. The normalized spacial score (nSPS) is 12.8. The molecule has 17 heavy (non-hydrogen) atoms. The summed E-state index contributed by atoms with van der Waals surface area (Å²) >= 11 is 0. The van der Waals surface area contributed by atoms with Gasteiger partial charge in [-0.1, -0.05) is 6.07 Å². The van der Waals surface area contributed by atoms with E-state index in [1.165, 1.54) is 0 Å². The summed E-state index contributed by atoms with van der Waals surface area (Å²) in [5.41, 5.74) is 7.04. The zero-order chi connectivity index (χ0) is 13.4. The maximum Gasteiger partial charge on any atom is 0.241 e. The van der Waals surface area contributed by atoms with Crippen molar-refractivity contribution in [2.75, 3.05) is 5.73 Å². The van der Waals surface area contributed by atoms with Crippen molar-refractivity contribution in [3.63, 3.8) is 0 Å². The lowest BCUT2D eigenvalue weighted by molar-refractivity contribution is 0.491. The summed E-state index contributed by atoms with van der Waals surface area (Å²) in [5, 5.41) is 0. The molecule has 0 unspecified atom stereocenters. The van der Waals surface area contributed by atoms with Crippen molar-refractivity contribution in [3.8, 4) is 0 Å². The van der Waals surface area contributed by atoms with Crippen molar-refractivity contribution in [3.05, 3.63) is 23.3 Å². The Morgan fingerprint density at radius 1 is 1.18 bits per heavy atom. The van der Waals surface area contributed by atoms with Crippen molar-refractivity contribution in [2.24, 2.45) is 0 Å². The van der Waals surface area contributed by atoms with Gasteiger partial charge in [-0.3, -0.25) is 0 Å². The van der Waals surface area contributed by atoms with E-state index >= 15 is 0 Å². The first-order valence-corrected chi connectivity index (χ1v) is 6.92. The van der Waals surface area contributed by atoms with Gasteiger partial charge in [-0.05, 0) is 51.8 Å². The summed E-state index contributed by atoms with van der Waals surface area (Å²) in [7, 11) is -3.53. The molecule has 0 aliphatic heterocycles. The standard InChI is InChI=1S/C12H20N2O2S/c1-8-6-7-10(13)9(2)11(8)17(15,16)14-12(3,4)5/h6-7,14H,13H2,1-5H3. The summed E-state index contributed by atoms with van der Waals surface area (Å²) < 4.78 is 27.2. The van der Waals surface area contributed by atoms with Crippen LogP contribution in [-0.4, -0.2) is 14.0 Å². The zero-order valence-corrected chi connectivity index (χ0v) is 11.8. The van der Waals surface area contributed by atoms with E-state index in [1.807, 2.05) is 20.8 Å². The van der Waals surface area contributed by atoms with Gasteiger partial charge in [-0.2, -0.15) is 0 Å². The molecule has 1 rings (SSSR count). The molecule has 0 radical (unpaired) electrons. The molecule has 3 N–H and O–H groups in total. The number of anilines is 1. The lowest BCUT2D eigenvalue weighted by Gasteiger charge is -2.22. The highest BCUT2D eigenvalue weighted by atomic mass is 32.2. The minimum absolute atomic E-state index is 0.285. The molecule has 0 fully saturated rings. The largest absolute Gasteiger partial charge is 0.398 e. The highest BCUT2D eigenvalue weighted by molar-refractivity contribution is 7.89. The van der Waals surface area contributed by atoms with Crippen LogP contribution in [0.4, 0.5) is 5.69 Å². The molecule has 0 saturated heterocycles. The summed E-state index contributed by atoms with van der Waals surface area (Å²) in [5.74, 6) is 0. The van der Waals surface area contributed by atoms with E-state index in [4.69, 9.17) is 5.73 Å². The first kappa shape index (κ1) is 14.0. The Labute approximate surface area is 103 Å². The first-order valence-electron chi connectivity index (χ1n) is 5.44. The van der Waals surface area contributed by atoms with Crippen LogP contribution in [0.2, 0.25) is 0 Å². The summed E-state index contributed by atoms with van der Waals surface area (Å²) in [4.78, 5) is 0.285. The third-order valence-corrected chi connectivity index (χ3v) is 4.40. The number of sulfonamides is 1. The lowest BCUT2D eigenvalue weighted by Crippen LogP contribution is -2.41. The Morgan fingerprint density at radius 2 is 1.71 bits per heavy atom. The van der Waals surface area contributed by atoms with Crippen LogP contribution in [-0.2, 0) is 10.0 Å². The Balaban J connectivity index is 3.39. The van der Waals surface area contributed by atoms with E-state index in [-0.39, 0.29) is 4.90 Å². The molecule has 96 valence electrons. The molecule has 0 saturated carbocycles. The van der Waals surface area contributed by atoms with Crippen molar-refractivity contribution in [1.82, 2.24) is 4.72 Å². The van der Waals surface area contributed by atoms with Gasteiger partial charge in [0.1, 0.15) is 0 Å². The second-order valence-corrected chi connectivity index (χ2v) is 6.90.